The molecule has 1 atom stereocenters. The van der Waals surface area contributed by atoms with Gasteiger partial charge in [-0.3, -0.25) is 0 Å². The molecular formula is C11H9NO5. The third kappa shape index (κ3) is 1.67. The first kappa shape index (κ1) is 9.95. The zero-order valence-electron chi connectivity index (χ0n) is 8.75. The summed E-state index contributed by atoms with van der Waals surface area (Å²) in [6.45, 7) is 0.267. The number of ether oxygens (including phenoxy) is 3. The van der Waals surface area contributed by atoms with Gasteiger partial charge in [-0.25, -0.2) is 9.79 Å². The van der Waals surface area contributed by atoms with Crippen molar-refractivity contribution in [2.75, 3.05) is 13.4 Å². The second-order valence-corrected chi connectivity index (χ2v) is 3.67. The molecule has 0 saturated heterocycles. The minimum atomic E-state index is -0.985. The van der Waals surface area contributed by atoms with Crippen LogP contribution < -0.4 is 9.47 Å². The van der Waals surface area contributed by atoms with Crippen LogP contribution in [0.25, 0.3) is 0 Å². The fraction of sp³-hybridized carbons (Fsp3) is 0.273. The Kier molecular flexibility index (Phi) is 2.14. The van der Waals surface area contributed by atoms with E-state index in [9.17, 15) is 4.79 Å². The summed E-state index contributed by atoms with van der Waals surface area (Å²) in [5.74, 6) is 0.631. The summed E-state index contributed by atoms with van der Waals surface area (Å²) in [7, 11) is 0. The molecule has 0 bridgehead atoms. The van der Waals surface area contributed by atoms with Gasteiger partial charge in [0.05, 0.1) is 0 Å². The van der Waals surface area contributed by atoms with Gasteiger partial charge in [0.25, 0.3) is 0 Å². The van der Waals surface area contributed by atoms with Crippen LogP contribution in [-0.4, -0.2) is 36.4 Å². The lowest BCUT2D eigenvalue weighted by Gasteiger charge is -2.02. The van der Waals surface area contributed by atoms with Crippen LogP contribution in [0.5, 0.6) is 11.5 Å². The van der Waals surface area contributed by atoms with Gasteiger partial charge in [-0.1, -0.05) is 0 Å². The van der Waals surface area contributed by atoms with Crippen LogP contribution in [0.15, 0.2) is 23.2 Å². The Hall–Kier alpha value is -2.24. The van der Waals surface area contributed by atoms with Crippen molar-refractivity contribution >= 4 is 11.9 Å². The van der Waals surface area contributed by atoms with Gasteiger partial charge in [0, 0.05) is 5.56 Å². The Labute approximate surface area is 96.4 Å². The SMILES string of the molecule is O=C(O)C1COC(c2ccc3c(c2)OCO3)=N1. The molecule has 88 valence electrons. The molecule has 0 aliphatic carbocycles. The first-order valence-electron chi connectivity index (χ1n) is 5.07. The highest BCUT2D eigenvalue weighted by atomic mass is 16.7. The van der Waals surface area contributed by atoms with E-state index < -0.39 is 12.0 Å². The van der Waals surface area contributed by atoms with Gasteiger partial charge < -0.3 is 19.3 Å². The summed E-state index contributed by atoms with van der Waals surface area (Å²) in [5, 5.41) is 8.80. The zero-order chi connectivity index (χ0) is 11.8. The molecule has 6 heteroatoms. The predicted molar refractivity (Wildman–Crippen MR) is 56.5 cm³/mol. The first-order valence-corrected chi connectivity index (χ1v) is 5.07. The summed E-state index contributed by atoms with van der Waals surface area (Å²) in [4.78, 5) is 14.7. The molecule has 6 nitrogen and oxygen atoms in total. The van der Waals surface area contributed by atoms with Crippen molar-refractivity contribution in [3.05, 3.63) is 23.8 Å². The Morgan fingerprint density at radius 2 is 2.12 bits per heavy atom. The van der Waals surface area contributed by atoms with Crippen molar-refractivity contribution in [3.63, 3.8) is 0 Å². The van der Waals surface area contributed by atoms with Gasteiger partial charge in [0.15, 0.2) is 17.5 Å². The molecule has 2 aliphatic rings. The largest absolute Gasteiger partial charge is 0.480 e. The van der Waals surface area contributed by atoms with Crippen LogP contribution in [-0.2, 0) is 9.53 Å². The fourth-order valence-electron chi connectivity index (χ4n) is 1.69. The third-order valence-electron chi connectivity index (χ3n) is 2.56. The summed E-state index contributed by atoms with van der Waals surface area (Å²) >= 11 is 0. The molecule has 1 aromatic rings. The highest BCUT2D eigenvalue weighted by Gasteiger charge is 2.27. The van der Waals surface area contributed by atoms with Crippen LogP contribution in [0.3, 0.4) is 0 Å². The number of benzene rings is 1. The number of carboxylic acid groups (broad SMARTS) is 1. The number of carbonyl (C=O) groups is 1. The van der Waals surface area contributed by atoms with E-state index in [2.05, 4.69) is 4.99 Å². The molecule has 0 amide bonds. The Morgan fingerprint density at radius 1 is 1.29 bits per heavy atom. The summed E-state index contributed by atoms with van der Waals surface area (Å²) < 4.78 is 15.6. The van der Waals surface area contributed by atoms with Gasteiger partial charge in [-0.2, -0.15) is 0 Å². The van der Waals surface area contributed by atoms with Gasteiger partial charge in [-0.15, -0.1) is 0 Å². The molecule has 0 aromatic heterocycles. The second-order valence-electron chi connectivity index (χ2n) is 3.67. The van der Waals surface area contributed by atoms with E-state index in [4.69, 9.17) is 19.3 Å². The number of carboxylic acids is 1. The summed E-state index contributed by atoms with van der Waals surface area (Å²) in [6, 6.07) is 4.41. The molecule has 1 unspecified atom stereocenters. The topological polar surface area (TPSA) is 77.4 Å². The molecule has 1 aromatic carbocycles. The van der Waals surface area contributed by atoms with Crippen LogP contribution in [0, 0.1) is 0 Å². The van der Waals surface area contributed by atoms with E-state index in [1.807, 2.05) is 0 Å². The molecular weight excluding hydrogens is 226 g/mol. The standard InChI is InChI=1S/C11H9NO5/c13-11(14)7-4-15-10(12-7)6-1-2-8-9(3-6)17-5-16-8/h1-3,7H,4-5H2,(H,13,14). The molecule has 3 rings (SSSR count). The number of hydrogen-bond donors (Lipinski definition) is 1. The van der Waals surface area contributed by atoms with Gasteiger partial charge in [0.1, 0.15) is 6.61 Å². The number of rotatable bonds is 2. The monoisotopic (exact) mass is 235 g/mol. The quantitative estimate of drug-likeness (QED) is 0.814. The van der Waals surface area contributed by atoms with Crippen molar-refractivity contribution < 1.29 is 24.1 Å². The fourth-order valence-corrected chi connectivity index (χ4v) is 1.69. The van der Waals surface area contributed by atoms with Crippen molar-refractivity contribution in [1.82, 2.24) is 0 Å². The maximum atomic E-state index is 10.7. The molecule has 2 heterocycles. The molecule has 1 N–H and O–H groups in total. The summed E-state index contributed by atoms with van der Waals surface area (Å²) in [6.07, 6.45) is 0. The highest BCUT2D eigenvalue weighted by molar-refractivity contribution is 5.98. The van der Waals surface area contributed by atoms with Crippen LogP contribution in [0.4, 0.5) is 0 Å². The highest BCUT2D eigenvalue weighted by Crippen LogP contribution is 2.33. The van der Waals surface area contributed by atoms with Gasteiger partial charge in [0.2, 0.25) is 12.7 Å². The zero-order valence-corrected chi connectivity index (χ0v) is 8.75. The molecule has 2 aliphatic heterocycles. The third-order valence-corrected chi connectivity index (χ3v) is 2.56. The molecule has 0 radical (unpaired) electrons. The molecule has 17 heavy (non-hydrogen) atoms. The van der Waals surface area contributed by atoms with Crippen LogP contribution in [0.2, 0.25) is 0 Å². The average molecular weight is 235 g/mol. The number of aliphatic imine (C=N–C) groups is 1. The van der Waals surface area contributed by atoms with Crippen molar-refractivity contribution in [1.29, 1.82) is 0 Å². The smallest absolute Gasteiger partial charge is 0.332 e. The normalized spacial score (nSPS) is 20.9. The van der Waals surface area contributed by atoms with Crippen LogP contribution >= 0.6 is 0 Å². The van der Waals surface area contributed by atoms with Gasteiger partial charge in [-0.05, 0) is 18.2 Å². The summed E-state index contributed by atoms with van der Waals surface area (Å²) in [5.41, 5.74) is 0.693. The predicted octanol–water partition coefficient (Wildman–Crippen LogP) is 0.645. The van der Waals surface area contributed by atoms with E-state index in [-0.39, 0.29) is 13.4 Å². The minimum Gasteiger partial charge on any atom is -0.480 e. The van der Waals surface area contributed by atoms with Crippen molar-refractivity contribution in [2.45, 2.75) is 6.04 Å². The Balaban J connectivity index is 1.90. The second kappa shape index (κ2) is 3.65. The lowest BCUT2D eigenvalue weighted by Crippen LogP contribution is -2.18. The molecule has 0 spiro atoms. The van der Waals surface area contributed by atoms with E-state index in [0.717, 1.165) is 0 Å². The van der Waals surface area contributed by atoms with Crippen molar-refractivity contribution in [3.8, 4) is 11.5 Å². The van der Waals surface area contributed by atoms with E-state index in [0.29, 0.717) is 23.0 Å². The van der Waals surface area contributed by atoms with Gasteiger partial charge >= 0.3 is 5.97 Å². The van der Waals surface area contributed by atoms with E-state index in [1.54, 1.807) is 18.2 Å². The lowest BCUT2D eigenvalue weighted by atomic mass is 10.2. The number of fused-ring (bicyclic) bond motifs is 1. The van der Waals surface area contributed by atoms with E-state index >= 15 is 0 Å². The van der Waals surface area contributed by atoms with E-state index in [1.165, 1.54) is 0 Å². The maximum Gasteiger partial charge on any atom is 0.332 e. The first-order chi connectivity index (χ1) is 8.24. The lowest BCUT2D eigenvalue weighted by molar-refractivity contribution is -0.138. The Morgan fingerprint density at radius 3 is 2.88 bits per heavy atom. The maximum absolute atomic E-state index is 10.7. The Bertz CT molecular complexity index is 511. The van der Waals surface area contributed by atoms with Crippen LogP contribution in [0.1, 0.15) is 5.56 Å². The number of aliphatic carboxylic acids is 1. The van der Waals surface area contributed by atoms with Crippen molar-refractivity contribution in [2.24, 2.45) is 4.99 Å². The minimum absolute atomic E-state index is 0.0686. The average Bonchev–Trinajstić information content (AvgIpc) is 2.97. The molecule has 0 fully saturated rings. The molecule has 0 saturated carbocycles. The number of hydrogen-bond acceptors (Lipinski definition) is 5. The number of nitrogens with zero attached hydrogens (tertiary/aromatic N) is 1.